The molecule has 4 rings (SSSR count). The van der Waals surface area contributed by atoms with Crippen molar-refractivity contribution in [3.05, 3.63) is 82.6 Å². The third-order valence-electron chi connectivity index (χ3n) is 4.77. The molecule has 2 amide bonds. The molecule has 1 fully saturated rings. The summed E-state index contributed by atoms with van der Waals surface area (Å²) in [5.41, 5.74) is 2.32. The molecule has 31 heavy (non-hydrogen) atoms. The van der Waals surface area contributed by atoms with Gasteiger partial charge >= 0.3 is 5.97 Å². The van der Waals surface area contributed by atoms with Crippen LogP contribution in [-0.4, -0.2) is 24.3 Å². The van der Waals surface area contributed by atoms with E-state index in [4.69, 9.17) is 4.74 Å². The van der Waals surface area contributed by atoms with Crippen molar-refractivity contribution in [2.45, 2.75) is 12.8 Å². The first kappa shape index (κ1) is 20.6. The zero-order valence-corrected chi connectivity index (χ0v) is 17.4. The van der Waals surface area contributed by atoms with Crippen molar-refractivity contribution in [1.82, 2.24) is 0 Å². The Bertz CT molecular complexity index is 1100. The average molecular weight is 433 g/mol. The molecule has 7 heteroatoms. The third kappa shape index (κ3) is 5.26. The van der Waals surface area contributed by atoms with Crippen LogP contribution in [0.25, 0.3) is 6.08 Å². The van der Waals surface area contributed by atoms with Gasteiger partial charge in [-0.2, -0.15) is 0 Å². The smallest absolute Gasteiger partial charge is 0.336 e. The molecule has 0 saturated carbocycles. The number of rotatable bonds is 6. The van der Waals surface area contributed by atoms with Gasteiger partial charge in [0.05, 0.1) is 4.88 Å². The van der Waals surface area contributed by atoms with E-state index < -0.39 is 5.97 Å². The summed E-state index contributed by atoms with van der Waals surface area (Å²) in [5.74, 6) is -0.160. The van der Waals surface area contributed by atoms with Crippen LogP contribution in [0.4, 0.5) is 11.4 Å². The molecular formula is C24H20N2O4S. The third-order valence-corrected chi connectivity index (χ3v) is 5.63. The molecule has 0 aliphatic carbocycles. The minimum atomic E-state index is -0.505. The summed E-state index contributed by atoms with van der Waals surface area (Å²) >= 11 is 1.37. The standard InChI is InChI=1S/C24H20N2O4S/c27-22-4-1-15-26(22)19-10-5-17(6-11-19)7-14-23(28)30-20-12-8-18(9-13-20)25-24(29)21-3-2-16-31-21/h2-3,5-14,16H,1,4,15H2,(H,25,29)/b14-7+. The first-order chi connectivity index (χ1) is 15.1. The molecule has 2 aromatic carbocycles. The van der Waals surface area contributed by atoms with E-state index in [2.05, 4.69) is 5.32 Å². The summed E-state index contributed by atoms with van der Waals surface area (Å²) < 4.78 is 5.30. The molecule has 6 nitrogen and oxygen atoms in total. The maximum Gasteiger partial charge on any atom is 0.336 e. The number of benzene rings is 2. The van der Waals surface area contributed by atoms with Crippen LogP contribution in [0.5, 0.6) is 5.75 Å². The van der Waals surface area contributed by atoms with Gasteiger partial charge in [-0.15, -0.1) is 11.3 Å². The van der Waals surface area contributed by atoms with Crippen LogP contribution in [0.1, 0.15) is 28.1 Å². The summed E-state index contributed by atoms with van der Waals surface area (Å²) in [6, 6.07) is 17.6. The molecule has 1 N–H and O–H groups in total. The maximum absolute atomic E-state index is 12.1. The lowest BCUT2D eigenvalue weighted by Crippen LogP contribution is -2.23. The van der Waals surface area contributed by atoms with E-state index >= 15 is 0 Å². The topological polar surface area (TPSA) is 75.7 Å². The van der Waals surface area contributed by atoms with Gasteiger partial charge in [0.25, 0.3) is 5.91 Å². The highest BCUT2D eigenvalue weighted by Gasteiger charge is 2.21. The summed E-state index contributed by atoms with van der Waals surface area (Å²) in [7, 11) is 0. The van der Waals surface area contributed by atoms with E-state index in [1.807, 2.05) is 35.7 Å². The van der Waals surface area contributed by atoms with Crippen molar-refractivity contribution in [3.8, 4) is 5.75 Å². The molecule has 0 unspecified atom stereocenters. The van der Waals surface area contributed by atoms with Gasteiger partial charge in [-0.05, 0) is 65.9 Å². The molecule has 1 saturated heterocycles. The number of nitrogens with zero attached hydrogens (tertiary/aromatic N) is 1. The van der Waals surface area contributed by atoms with Crippen LogP contribution in [-0.2, 0) is 9.59 Å². The first-order valence-electron chi connectivity index (χ1n) is 9.84. The number of hydrogen-bond acceptors (Lipinski definition) is 5. The summed E-state index contributed by atoms with van der Waals surface area (Å²) in [6.07, 6.45) is 4.49. The molecule has 0 radical (unpaired) electrons. The van der Waals surface area contributed by atoms with Crippen molar-refractivity contribution in [3.63, 3.8) is 0 Å². The molecule has 1 aliphatic rings. The lowest BCUT2D eigenvalue weighted by molar-refractivity contribution is -0.128. The summed E-state index contributed by atoms with van der Waals surface area (Å²) in [4.78, 5) is 38.4. The Morgan fingerprint density at radius 1 is 1.03 bits per heavy atom. The van der Waals surface area contributed by atoms with Gasteiger partial charge in [0, 0.05) is 30.4 Å². The van der Waals surface area contributed by atoms with Gasteiger partial charge < -0.3 is 15.0 Å². The van der Waals surface area contributed by atoms with Crippen molar-refractivity contribution in [1.29, 1.82) is 0 Å². The number of anilines is 2. The lowest BCUT2D eigenvalue weighted by atomic mass is 10.2. The van der Waals surface area contributed by atoms with Crippen molar-refractivity contribution < 1.29 is 19.1 Å². The summed E-state index contributed by atoms with van der Waals surface area (Å²) in [5, 5.41) is 4.63. The highest BCUT2D eigenvalue weighted by molar-refractivity contribution is 7.12. The number of nitrogens with one attached hydrogen (secondary N) is 1. The normalized spacial score (nSPS) is 13.5. The molecule has 0 atom stereocenters. The monoisotopic (exact) mass is 432 g/mol. The maximum atomic E-state index is 12.1. The number of carbonyl (C=O) groups is 3. The molecule has 0 spiro atoms. The van der Waals surface area contributed by atoms with Crippen molar-refractivity contribution >= 4 is 46.6 Å². The Morgan fingerprint density at radius 2 is 1.81 bits per heavy atom. The van der Waals surface area contributed by atoms with Gasteiger partial charge in [-0.3, -0.25) is 9.59 Å². The number of thiophene rings is 1. The Labute approximate surface area is 183 Å². The fraction of sp³-hybridized carbons (Fsp3) is 0.125. The van der Waals surface area contributed by atoms with Gasteiger partial charge in [-0.1, -0.05) is 18.2 Å². The molecule has 1 aromatic heterocycles. The highest BCUT2D eigenvalue weighted by Crippen LogP contribution is 2.22. The second-order valence-electron chi connectivity index (χ2n) is 6.95. The van der Waals surface area contributed by atoms with E-state index in [-0.39, 0.29) is 11.8 Å². The Kier molecular flexibility index (Phi) is 6.24. The minimum Gasteiger partial charge on any atom is -0.423 e. The van der Waals surface area contributed by atoms with Crippen molar-refractivity contribution in [2.24, 2.45) is 0 Å². The minimum absolute atomic E-state index is 0.143. The molecule has 2 heterocycles. The van der Waals surface area contributed by atoms with Crippen LogP contribution in [0.2, 0.25) is 0 Å². The molecule has 3 aromatic rings. The second kappa shape index (κ2) is 9.40. The fourth-order valence-corrected chi connectivity index (χ4v) is 3.83. The highest BCUT2D eigenvalue weighted by atomic mass is 32.1. The first-order valence-corrected chi connectivity index (χ1v) is 10.7. The van der Waals surface area contributed by atoms with Gasteiger partial charge in [0.2, 0.25) is 5.91 Å². The van der Waals surface area contributed by atoms with Crippen LogP contribution < -0.4 is 15.0 Å². The number of ether oxygens (including phenoxy) is 1. The zero-order chi connectivity index (χ0) is 21.6. The molecular weight excluding hydrogens is 412 g/mol. The lowest BCUT2D eigenvalue weighted by Gasteiger charge is -2.15. The quantitative estimate of drug-likeness (QED) is 0.347. The van der Waals surface area contributed by atoms with E-state index in [1.54, 1.807) is 41.3 Å². The van der Waals surface area contributed by atoms with Crippen LogP contribution in [0.3, 0.4) is 0 Å². The Morgan fingerprint density at radius 3 is 2.45 bits per heavy atom. The largest absolute Gasteiger partial charge is 0.423 e. The van der Waals surface area contributed by atoms with Crippen LogP contribution in [0, 0.1) is 0 Å². The van der Waals surface area contributed by atoms with E-state index in [1.165, 1.54) is 17.4 Å². The van der Waals surface area contributed by atoms with E-state index in [0.29, 0.717) is 22.7 Å². The second-order valence-corrected chi connectivity index (χ2v) is 7.90. The number of hydrogen-bond donors (Lipinski definition) is 1. The Balaban J connectivity index is 1.30. The molecule has 0 bridgehead atoms. The Hall–Kier alpha value is -3.71. The SMILES string of the molecule is O=C(/C=C/c1ccc(N2CCCC2=O)cc1)Oc1ccc(NC(=O)c2cccs2)cc1. The van der Waals surface area contributed by atoms with Gasteiger partial charge in [-0.25, -0.2) is 4.79 Å². The van der Waals surface area contributed by atoms with Gasteiger partial charge in [0.15, 0.2) is 0 Å². The number of carbonyl (C=O) groups excluding carboxylic acids is 3. The van der Waals surface area contributed by atoms with Gasteiger partial charge in [0.1, 0.15) is 5.75 Å². The molecule has 156 valence electrons. The zero-order valence-electron chi connectivity index (χ0n) is 16.6. The fourth-order valence-electron chi connectivity index (χ4n) is 3.21. The van der Waals surface area contributed by atoms with Crippen LogP contribution >= 0.6 is 11.3 Å². The summed E-state index contributed by atoms with van der Waals surface area (Å²) in [6.45, 7) is 0.747. The van der Waals surface area contributed by atoms with Crippen molar-refractivity contribution in [2.75, 3.05) is 16.8 Å². The average Bonchev–Trinajstić information content (AvgIpc) is 3.46. The van der Waals surface area contributed by atoms with E-state index in [9.17, 15) is 14.4 Å². The number of amides is 2. The predicted octanol–water partition coefficient (Wildman–Crippen LogP) is 4.75. The molecule has 1 aliphatic heterocycles. The van der Waals surface area contributed by atoms with Crippen LogP contribution in [0.15, 0.2) is 72.1 Å². The van der Waals surface area contributed by atoms with E-state index in [0.717, 1.165) is 24.2 Å². The predicted molar refractivity (Wildman–Crippen MR) is 121 cm³/mol. The number of esters is 1.